The average Bonchev–Trinajstić information content (AvgIpc) is 2.68. The Morgan fingerprint density at radius 1 is 1.38 bits per heavy atom. The first kappa shape index (κ1) is 10.7. The summed E-state index contributed by atoms with van der Waals surface area (Å²) in [5.41, 5.74) is 1.73. The lowest BCUT2D eigenvalue weighted by Gasteiger charge is -2.00. The number of benzene rings is 1. The molecule has 0 bridgehead atoms. The fourth-order valence-corrected chi connectivity index (χ4v) is 1.95. The molecule has 1 aromatic heterocycles. The first-order valence-electron chi connectivity index (χ1n) is 5.44. The second kappa shape index (κ2) is 4.39. The number of rotatable bonds is 3. The number of ether oxygens (including phenoxy) is 1. The van der Waals surface area contributed by atoms with E-state index in [1.54, 1.807) is 0 Å². The molecule has 0 radical (unpaired) electrons. The molecule has 16 heavy (non-hydrogen) atoms. The van der Waals surface area contributed by atoms with Crippen molar-refractivity contribution in [3.8, 4) is 0 Å². The Labute approximate surface area is 94.6 Å². The third-order valence-corrected chi connectivity index (χ3v) is 2.66. The van der Waals surface area contributed by atoms with E-state index in [2.05, 4.69) is 11.5 Å². The molecule has 84 valence electrons. The summed E-state index contributed by atoms with van der Waals surface area (Å²) in [7, 11) is 1.41. The van der Waals surface area contributed by atoms with Crippen molar-refractivity contribution < 1.29 is 9.53 Å². The van der Waals surface area contributed by atoms with Crippen LogP contribution in [0.4, 0.5) is 0 Å². The topological polar surface area (TPSA) is 31.2 Å². The Balaban J connectivity index is 2.61. The molecule has 1 aromatic carbocycles. The van der Waals surface area contributed by atoms with E-state index in [1.807, 2.05) is 30.5 Å². The van der Waals surface area contributed by atoms with Crippen LogP contribution in [0.15, 0.2) is 30.5 Å². The molecule has 0 aliphatic heterocycles. The fraction of sp³-hybridized carbons (Fsp3) is 0.308. The van der Waals surface area contributed by atoms with Crippen LogP contribution in [0.3, 0.4) is 0 Å². The molecule has 0 fully saturated rings. The summed E-state index contributed by atoms with van der Waals surface area (Å²) >= 11 is 0. The Morgan fingerprint density at radius 2 is 2.12 bits per heavy atom. The summed E-state index contributed by atoms with van der Waals surface area (Å²) in [5, 5.41) is 0.961. The van der Waals surface area contributed by atoms with Crippen LogP contribution in [0.1, 0.15) is 23.7 Å². The molecule has 0 unspecified atom stereocenters. The Bertz CT molecular complexity index is 514. The summed E-state index contributed by atoms with van der Waals surface area (Å²) < 4.78 is 6.88. The monoisotopic (exact) mass is 217 g/mol. The molecule has 0 aliphatic carbocycles. The van der Waals surface area contributed by atoms with Gasteiger partial charge in [0.1, 0.15) is 0 Å². The zero-order chi connectivity index (χ0) is 11.5. The molecule has 1 heterocycles. The number of carbonyl (C=O) groups excluding carboxylic acids is 1. The van der Waals surface area contributed by atoms with Crippen LogP contribution >= 0.6 is 0 Å². The van der Waals surface area contributed by atoms with Crippen molar-refractivity contribution in [1.82, 2.24) is 4.57 Å². The first-order valence-corrected chi connectivity index (χ1v) is 5.44. The molecule has 0 saturated carbocycles. The van der Waals surface area contributed by atoms with Crippen LogP contribution in [0.25, 0.3) is 10.9 Å². The van der Waals surface area contributed by atoms with Crippen molar-refractivity contribution in [2.45, 2.75) is 19.9 Å². The molecule has 0 aliphatic rings. The number of methoxy groups -OCH3 is 1. The van der Waals surface area contributed by atoms with Crippen molar-refractivity contribution in [1.29, 1.82) is 0 Å². The van der Waals surface area contributed by atoms with Gasteiger partial charge in [0.05, 0.1) is 12.7 Å². The number of nitrogens with zero attached hydrogens (tertiary/aromatic N) is 1. The number of aryl methyl sites for hydroxylation is 1. The van der Waals surface area contributed by atoms with Gasteiger partial charge in [0, 0.05) is 23.6 Å². The van der Waals surface area contributed by atoms with E-state index in [1.165, 1.54) is 7.11 Å². The average molecular weight is 217 g/mol. The van der Waals surface area contributed by atoms with Gasteiger partial charge in [-0.05, 0) is 12.5 Å². The zero-order valence-corrected chi connectivity index (χ0v) is 9.56. The lowest BCUT2D eigenvalue weighted by Crippen LogP contribution is -2.00. The minimum Gasteiger partial charge on any atom is -0.465 e. The standard InChI is InChI=1S/C13H15NO2/c1-3-8-14-9-11(13(15)16-2)10-6-4-5-7-12(10)14/h4-7,9H,3,8H2,1-2H3. The van der Waals surface area contributed by atoms with Gasteiger partial charge in [-0.25, -0.2) is 4.79 Å². The largest absolute Gasteiger partial charge is 0.465 e. The van der Waals surface area contributed by atoms with Crippen LogP contribution in [-0.4, -0.2) is 17.6 Å². The van der Waals surface area contributed by atoms with Gasteiger partial charge in [-0.3, -0.25) is 0 Å². The van der Waals surface area contributed by atoms with Gasteiger partial charge in [0.25, 0.3) is 0 Å². The third kappa shape index (κ3) is 1.69. The number of carbonyl (C=O) groups is 1. The number of hydrogen-bond donors (Lipinski definition) is 0. The summed E-state index contributed by atoms with van der Waals surface area (Å²) in [6, 6.07) is 7.89. The Morgan fingerprint density at radius 3 is 2.81 bits per heavy atom. The van der Waals surface area contributed by atoms with Gasteiger partial charge < -0.3 is 9.30 Å². The highest BCUT2D eigenvalue weighted by atomic mass is 16.5. The minimum atomic E-state index is -0.272. The fourth-order valence-electron chi connectivity index (χ4n) is 1.95. The third-order valence-electron chi connectivity index (χ3n) is 2.66. The van der Waals surface area contributed by atoms with Crippen molar-refractivity contribution in [2.24, 2.45) is 0 Å². The summed E-state index contributed by atoms with van der Waals surface area (Å²) in [4.78, 5) is 11.6. The highest BCUT2D eigenvalue weighted by Crippen LogP contribution is 2.22. The van der Waals surface area contributed by atoms with Gasteiger partial charge in [-0.1, -0.05) is 25.1 Å². The molecule has 3 nitrogen and oxygen atoms in total. The van der Waals surface area contributed by atoms with Gasteiger partial charge in [0.2, 0.25) is 0 Å². The van der Waals surface area contributed by atoms with Gasteiger partial charge in [0.15, 0.2) is 0 Å². The van der Waals surface area contributed by atoms with Crippen LogP contribution in [-0.2, 0) is 11.3 Å². The molecular formula is C13H15NO2. The minimum absolute atomic E-state index is 0.272. The van der Waals surface area contributed by atoms with Gasteiger partial charge in [-0.2, -0.15) is 0 Å². The number of fused-ring (bicyclic) bond motifs is 1. The predicted octanol–water partition coefficient (Wildman–Crippen LogP) is 2.84. The highest BCUT2D eigenvalue weighted by Gasteiger charge is 2.14. The van der Waals surface area contributed by atoms with E-state index in [0.717, 1.165) is 23.9 Å². The Kier molecular flexibility index (Phi) is 2.95. The van der Waals surface area contributed by atoms with Crippen LogP contribution < -0.4 is 0 Å². The SMILES string of the molecule is CCCn1cc(C(=O)OC)c2ccccc21. The predicted molar refractivity (Wildman–Crippen MR) is 63.6 cm³/mol. The highest BCUT2D eigenvalue weighted by molar-refractivity contribution is 6.04. The lowest BCUT2D eigenvalue weighted by atomic mass is 10.2. The summed E-state index contributed by atoms with van der Waals surface area (Å²) in [5.74, 6) is -0.272. The van der Waals surface area contributed by atoms with Crippen molar-refractivity contribution in [3.63, 3.8) is 0 Å². The van der Waals surface area contributed by atoms with Gasteiger partial charge in [-0.15, -0.1) is 0 Å². The van der Waals surface area contributed by atoms with Crippen molar-refractivity contribution >= 4 is 16.9 Å². The van der Waals surface area contributed by atoms with Crippen LogP contribution in [0.5, 0.6) is 0 Å². The van der Waals surface area contributed by atoms with E-state index in [0.29, 0.717) is 5.56 Å². The molecule has 3 heteroatoms. The molecule has 0 saturated heterocycles. The quantitative estimate of drug-likeness (QED) is 0.740. The number of esters is 1. The smallest absolute Gasteiger partial charge is 0.340 e. The molecule has 0 N–H and O–H groups in total. The number of aromatic nitrogens is 1. The zero-order valence-electron chi connectivity index (χ0n) is 9.56. The first-order chi connectivity index (χ1) is 7.77. The normalized spacial score (nSPS) is 10.6. The molecule has 0 amide bonds. The van der Waals surface area contributed by atoms with E-state index in [-0.39, 0.29) is 5.97 Å². The second-order valence-corrected chi connectivity index (χ2v) is 3.74. The maximum absolute atomic E-state index is 11.6. The second-order valence-electron chi connectivity index (χ2n) is 3.74. The van der Waals surface area contributed by atoms with E-state index < -0.39 is 0 Å². The van der Waals surface area contributed by atoms with E-state index in [4.69, 9.17) is 4.74 Å². The van der Waals surface area contributed by atoms with Gasteiger partial charge >= 0.3 is 5.97 Å². The summed E-state index contributed by atoms with van der Waals surface area (Å²) in [6.45, 7) is 3.03. The maximum atomic E-state index is 11.6. The van der Waals surface area contributed by atoms with Crippen LogP contribution in [0, 0.1) is 0 Å². The lowest BCUT2D eigenvalue weighted by molar-refractivity contribution is 0.0602. The van der Waals surface area contributed by atoms with Crippen molar-refractivity contribution in [2.75, 3.05) is 7.11 Å². The van der Waals surface area contributed by atoms with E-state index >= 15 is 0 Å². The molecule has 0 atom stereocenters. The molecular weight excluding hydrogens is 202 g/mol. The number of para-hydroxylation sites is 1. The number of hydrogen-bond acceptors (Lipinski definition) is 2. The van der Waals surface area contributed by atoms with E-state index in [9.17, 15) is 4.79 Å². The molecule has 2 rings (SSSR count). The van der Waals surface area contributed by atoms with Crippen molar-refractivity contribution in [3.05, 3.63) is 36.0 Å². The molecule has 0 spiro atoms. The Hall–Kier alpha value is -1.77. The maximum Gasteiger partial charge on any atom is 0.340 e. The van der Waals surface area contributed by atoms with Crippen LogP contribution in [0.2, 0.25) is 0 Å². The molecule has 2 aromatic rings. The summed E-state index contributed by atoms with van der Waals surface area (Å²) in [6.07, 6.45) is 2.92.